The van der Waals surface area contributed by atoms with Crippen molar-refractivity contribution in [1.82, 2.24) is 5.32 Å². The Morgan fingerprint density at radius 1 is 1.33 bits per heavy atom. The fraction of sp³-hybridized carbons (Fsp3) is 0.667. The predicted octanol–water partition coefficient (Wildman–Crippen LogP) is 0.992. The molecule has 0 spiro atoms. The zero-order chi connectivity index (χ0) is 9.78. The molecule has 3 nitrogen and oxygen atoms in total. The van der Waals surface area contributed by atoms with Crippen molar-refractivity contribution in [2.24, 2.45) is 0 Å². The number of rotatable bonds is 2. The molecule has 0 fully saturated rings. The van der Waals surface area contributed by atoms with Crippen LogP contribution in [0.5, 0.6) is 0 Å². The average molecular weight is 183 g/mol. The zero-order valence-corrected chi connectivity index (χ0v) is 6.36. The molecular formula is C6H8F3NO2. The summed E-state index contributed by atoms with van der Waals surface area (Å²) in [5.74, 6) is -3.11. The van der Waals surface area contributed by atoms with Crippen LogP contribution in [0.15, 0.2) is 0 Å². The topological polar surface area (TPSA) is 46.2 Å². The SMILES string of the molecule is CCCC(=O)NC(=O)C(F)(F)F. The van der Waals surface area contributed by atoms with Gasteiger partial charge in [-0.15, -0.1) is 0 Å². The van der Waals surface area contributed by atoms with Crippen LogP contribution >= 0.6 is 0 Å². The van der Waals surface area contributed by atoms with Gasteiger partial charge < -0.3 is 0 Å². The van der Waals surface area contributed by atoms with E-state index in [0.717, 1.165) is 0 Å². The molecule has 0 aliphatic heterocycles. The molecule has 0 aromatic heterocycles. The van der Waals surface area contributed by atoms with Crippen LogP contribution in [0.1, 0.15) is 19.8 Å². The molecule has 2 amide bonds. The van der Waals surface area contributed by atoms with E-state index < -0.39 is 18.0 Å². The zero-order valence-electron chi connectivity index (χ0n) is 6.36. The lowest BCUT2D eigenvalue weighted by Crippen LogP contribution is -2.40. The lowest BCUT2D eigenvalue weighted by molar-refractivity contribution is -0.174. The second kappa shape index (κ2) is 4.08. The molecular weight excluding hydrogens is 175 g/mol. The predicted molar refractivity (Wildman–Crippen MR) is 34.1 cm³/mol. The average Bonchev–Trinajstić information content (AvgIpc) is 1.85. The highest BCUT2D eigenvalue weighted by atomic mass is 19.4. The summed E-state index contributed by atoms with van der Waals surface area (Å²) in [6.45, 7) is 1.62. The summed E-state index contributed by atoms with van der Waals surface area (Å²) < 4.78 is 34.5. The third-order valence-corrected chi connectivity index (χ3v) is 0.987. The van der Waals surface area contributed by atoms with Gasteiger partial charge in [0.1, 0.15) is 0 Å². The van der Waals surface area contributed by atoms with Crippen LogP contribution in [0.25, 0.3) is 0 Å². The standard InChI is InChI=1S/C6H8F3NO2/c1-2-3-4(11)10-5(12)6(7,8)9/h2-3H2,1H3,(H,10,11,12). The van der Waals surface area contributed by atoms with E-state index in [1.54, 1.807) is 6.92 Å². The van der Waals surface area contributed by atoms with E-state index in [1.807, 2.05) is 0 Å². The minimum Gasteiger partial charge on any atom is -0.289 e. The Kier molecular flexibility index (Phi) is 3.72. The first-order valence-corrected chi connectivity index (χ1v) is 3.29. The third kappa shape index (κ3) is 3.95. The molecule has 0 unspecified atom stereocenters. The van der Waals surface area contributed by atoms with Crippen LogP contribution in [0.3, 0.4) is 0 Å². The smallest absolute Gasteiger partial charge is 0.289 e. The number of nitrogens with one attached hydrogen (secondary N) is 1. The van der Waals surface area contributed by atoms with Gasteiger partial charge >= 0.3 is 12.1 Å². The quantitative estimate of drug-likeness (QED) is 0.693. The van der Waals surface area contributed by atoms with Crippen molar-refractivity contribution in [1.29, 1.82) is 0 Å². The minimum absolute atomic E-state index is 0.0815. The number of hydrogen-bond acceptors (Lipinski definition) is 2. The van der Waals surface area contributed by atoms with Gasteiger partial charge in [0.15, 0.2) is 0 Å². The fourth-order valence-electron chi connectivity index (χ4n) is 0.487. The van der Waals surface area contributed by atoms with Gasteiger partial charge in [0.05, 0.1) is 0 Å². The maximum Gasteiger partial charge on any atom is 0.471 e. The molecule has 0 saturated carbocycles. The summed E-state index contributed by atoms with van der Waals surface area (Å²) in [7, 11) is 0. The first-order valence-electron chi connectivity index (χ1n) is 3.29. The number of amides is 2. The highest BCUT2D eigenvalue weighted by Crippen LogP contribution is 2.13. The number of hydrogen-bond donors (Lipinski definition) is 1. The van der Waals surface area contributed by atoms with Gasteiger partial charge in [-0.2, -0.15) is 13.2 Å². The molecule has 1 N–H and O–H groups in total. The highest BCUT2D eigenvalue weighted by Gasteiger charge is 2.39. The van der Waals surface area contributed by atoms with Crippen molar-refractivity contribution in [3.63, 3.8) is 0 Å². The molecule has 0 aliphatic carbocycles. The Hall–Kier alpha value is -1.07. The molecule has 0 rings (SSSR count). The van der Waals surface area contributed by atoms with Crippen molar-refractivity contribution in [3.8, 4) is 0 Å². The summed E-state index contributed by atoms with van der Waals surface area (Å²) >= 11 is 0. The summed E-state index contributed by atoms with van der Waals surface area (Å²) in [6.07, 6.45) is -4.66. The second-order valence-electron chi connectivity index (χ2n) is 2.13. The molecule has 0 aromatic rings. The number of carbonyl (C=O) groups is 2. The summed E-state index contributed by atoms with van der Waals surface area (Å²) in [5.41, 5.74) is 0. The van der Waals surface area contributed by atoms with Crippen molar-refractivity contribution in [2.45, 2.75) is 25.9 Å². The largest absolute Gasteiger partial charge is 0.471 e. The molecule has 0 aliphatic rings. The Bertz CT molecular complexity index is 188. The molecule has 0 atom stereocenters. The fourth-order valence-corrected chi connectivity index (χ4v) is 0.487. The Balaban J connectivity index is 3.94. The van der Waals surface area contributed by atoms with E-state index in [9.17, 15) is 22.8 Å². The number of halogens is 3. The van der Waals surface area contributed by atoms with E-state index in [4.69, 9.17) is 0 Å². The van der Waals surface area contributed by atoms with E-state index in [2.05, 4.69) is 0 Å². The van der Waals surface area contributed by atoms with E-state index >= 15 is 0 Å². The van der Waals surface area contributed by atoms with Gasteiger partial charge in [0.25, 0.3) is 0 Å². The molecule has 0 aromatic carbocycles. The monoisotopic (exact) mass is 183 g/mol. The van der Waals surface area contributed by atoms with Crippen molar-refractivity contribution in [2.75, 3.05) is 0 Å². The lowest BCUT2D eigenvalue weighted by atomic mass is 10.3. The minimum atomic E-state index is -4.98. The van der Waals surface area contributed by atoms with Crippen LogP contribution in [0.2, 0.25) is 0 Å². The van der Waals surface area contributed by atoms with Crippen LogP contribution in [-0.4, -0.2) is 18.0 Å². The first-order chi connectivity index (χ1) is 5.38. The van der Waals surface area contributed by atoms with Gasteiger partial charge in [-0.3, -0.25) is 14.9 Å². The maximum atomic E-state index is 11.5. The number of alkyl halides is 3. The molecule has 0 heterocycles. The normalized spacial score (nSPS) is 11.0. The molecule has 0 bridgehead atoms. The molecule has 0 radical (unpaired) electrons. The van der Waals surface area contributed by atoms with Crippen molar-refractivity contribution in [3.05, 3.63) is 0 Å². The van der Waals surface area contributed by atoms with Crippen LogP contribution in [0, 0.1) is 0 Å². The van der Waals surface area contributed by atoms with Crippen LogP contribution in [-0.2, 0) is 9.59 Å². The maximum absolute atomic E-state index is 11.5. The van der Waals surface area contributed by atoms with Gasteiger partial charge in [0.2, 0.25) is 5.91 Å². The van der Waals surface area contributed by atoms with Crippen LogP contribution < -0.4 is 5.32 Å². The van der Waals surface area contributed by atoms with Crippen molar-refractivity contribution >= 4 is 11.8 Å². The summed E-state index contributed by atoms with van der Waals surface area (Å²) in [4.78, 5) is 20.6. The van der Waals surface area contributed by atoms with E-state index in [0.29, 0.717) is 6.42 Å². The summed E-state index contributed by atoms with van der Waals surface area (Å²) in [6, 6.07) is 0. The molecule has 0 saturated heterocycles. The van der Waals surface area contributed by atoms with Crippen LogP contribution in [0.4, 0.5) is 13.2 Å². The Morgan fingerprint density at radius 2 is 1.83 bits per heavy atom. The molecule has 12 heavy (non-hydrogen) atoms. The van der Waals surface area contributed by atoms with Gasteiger partial charge in [-0.1, -0.05) is 6.92 Å². The lowest BCUT2D eigenvalue weighted by Gasteiger charge is -2.05. The second-order valence-corrected chi connectivity index (χ2v) is 2.13. The summed E-state index contributed by atoms with van der Waals surface area (Å²) in [5, 5.41) is 1.22. The van der Waals surface area contributed by atoms with Crippen molar-refractivity contribution < 1.29 is 22.8 Å². The van der Waals surface area contributed by atoms with Gasteiger partial charge in [0, 0.05) is 6.42 Å². The van der Waals surface area contributed by atoms with Gasteiger partial charge in [-0.05, 0) is 6.42 Å². The Morgan fingerprint density at radius 3 is 2.17 bits per heavy atom. The van der Waals surface area contributed by atoms with E-state index in [1.165, 1.54) is 5.32 Å². The molecule has 70 valence electrons. The molecule has 6 heteroatoms. The third-order valence-electron chi connectivity index (χ3n) is 0.987. The number of carbonyl (C=O) groups excluding carboxylic acids is 2. The number of imide groups is 1. The van der Waals surface area contributed by atoms with Gasteiger partial charge in [-0.25, -0.2) is 0 Å². The first kappa shape index (κ1) is 10.9. The Labute approximate surface area is 66.9 Å². The highest BCUT2D eigenvalue weighted by molar-refractivity contribution is 5.97. The van der Waals surface area contributed by atoms with E-state index in [-0.39, 0.29) is 6.42 Å².